The van der Waals surface area contributed by atoms with Gasteiger partial charge in [-0.05, 0) is 36.5 Å². The van der Waals surface area contributed by atoms with Gasteiger partial charge in [-0.25, -0.2) is 0 Å². The fourth-order valence-electron chi connectivity index (χ4n) is 2.42. The number of hydrogen-bond donors (Lipinski definition) is 0. The van der Waals surface area contributed by atoms with E-state index in [1.54, 1.807) is 11.8 Å². The molecule has 0 N–H and O–H groups in total. The molecular weight excluding hydrogens is 282 g/mol. The van der Waals surface area contributed by atoms with Crippen LogP contribution in [-0.2, 0) is 0 Å². The lowest BCUT2D eigenvalue weighted by atomic mass is 9.64. The second-order valence-corrected chi connectivity index (χ2v) is 7.56. The molecule has 3 heteroatoms. The number of thioether (sulfide) groups is 1. The van der Waals surface area contributed by atoms with Gasteiger partial charge in [0.25, 0.3) is 0 Å². The molecule has 84 valence electrons. The van der Waals surface area contributed by atoms with Gasteiger partial charge in [0.15, 0.2) is 0 Å². The molecule has 0 aliphatic heterocycles. The van der Waals surface area contributed by atoms with Gasteiger partial charge in [0.2, 0.25) is 0 Å². The fraction of sp³-hybridized carbons (Fsp3) is 0.462. The van der Waals surface area contributed by atoms with Gasteiger partial charge in [-0.2, -0.15) is 5.26 Å². The first-order valence-electron chi connectivity index (χ1n) is 5.31. The number of rotatable bonds is 2. The minimum Gasteiger partial charge on any atom is -0.197 e. The largest absolute Gasteiger partial charge is 0.197 e. The summed E-state index contributed by atoms with van der Waals surface area (Å²) < 4.78 is 0.869. The molecule has 1 aliphatic carbocycles. The maximum Gasteiger partial charge on any atom is 0.108 e. The Morgan fingerprint density at radius 2 is 2.06 bits per heavy atom. The molecule has 0 unspecified atom stereocenters. The fourth-order valence-corrected chi connectivity index (χ4v) is 4.73. The SMILES string of the molecule is CC1(C)CC(C#N)(Sc2cccc(Br)c2)C1. The zero-order valence-electron chi connectivity index (χ0n) is 9.46. The zero-order valence-corrected chi connectivity index (χ0v) is 11.9. The van der Waals surface area contributed by atoms with Gasteiger partial charge in [0.05, 0.1) is 6.07 Å². The smallest absolute Gasteiger partial charge is 0.108 e. The molecule has 1 nitrogen and oxygen atoms in total. The third kappa shape index (κ3) is 2.44. The highest BCUT2D eigenvalue weighted by molar-refractivity contribution is 9.10. The topological polar surface area (TPSA) is 23.8 Å². The average molecular weight is 296 g/mol. The van der Waals surface area contributed by atoms with E-state index in [-0.39, 0.29) is 4.75 Å². The van der Waals surface area contributed by atoms with Crippen molar-refractivity contribution in [3.8, 4) is 6.07 Å². The summed E-state index contributed by atoms with van der Waals surface area (Å²) in [7, 11) is 0. The molecule has 0 bridgehead atoms. The van der Waals surface area contributed by atoms with Crippen LogP contribution in [0.2, 0.25) is 0 Å². The number of benzene rings is 1. The van der Waals surface area contributed by atoms with Crippen LogP contribution in [0.4, 0.5) is 0 Å². The average Bonchev–Trinajstić information content (AvgIpc) is 2.14. The normalized spacial score (nSPS) is 20.9. The molecule has 1 aromatic carbocycles. The van der Waals surface area contributed by atoms with E-state index < -0.39 is 0 Å². The van der Waals surface area contributed by atoms with Gasteiger partial charge in [-0.3, -0.25) is 0 Å². The van der Waals surface area contributed by atoms with Crippen molar-refractivity contribution in [1.82, 2.24) is 0 Å². The van der Waals surface area contributed by atoms with E-state index in [1.165, 1.54) is 4.90 Å². The predicted molar refractivity (Wildman–Crippen MR) is 71.4 cm³/mol. The van der Waals surface area contributed by atoms with Crippen LogP contribution in [0.1, 0.15) is 26.7 Å². The van der Waals surface area contributed by atoms with Gasteiger partial charge >= 0.3 is 0 Å². The highest BCUT2D eigenvalue weighted by Crippen LogP contribution is 2.56. The summed E-state index contributed by atoms with van der Waals surface area (Å²) in [5, 5.41) is 9.32. The second-order valence-electron chi connectivity index (χ2n) is 5.18. The lowest BCUT2D eigenvalue weighted by Gasteiger charge is -2.48. The summed E-state index contributed by atoms with van der Waals surface area (Å²) in [5.41, 5.74) is 0.328. The minimum absolute atomic E-state index is 0.204. The molecule has 0 saturated heterocycles. The van der Waals surface area contributed by atoms with E-state index in [0.717, 1.165) is 17.3 Å². The maximum absolute atomic E-state index is 9.32. The van der Waals surface area contributed by atoms with E-state index in [9.17, 15) is 5.26 Å². The Balaban J connectivity index is 2.13. The summed E-state index contributed by atoms with van der Waals surface area (Å²) in [4.78, 5) is 1.17. The number of nitriles is 1. The Labute approximate surface area is 109 Å². The van der Waals surface area contributed by atoms with Crippen LogP contribution in [0.5, 0.6) is 0 Å². The highest BCUT2D eigenvalue weighted by Gasteiger charge is 2.50. The maximum atomic E-state index is 9.32. The van der Waals surface area contributed by atoms with Gasteiger partial charge in [0, 0.05) is 9.37 Å². The predicted octanol–water partition coefficient (Wildman–Crippen LogP) is 4.62. The van der Waals surface area contributed by atoms with Crippen LogP contribution in [0.3, 0.4) is 0 Å². The van der Waals surface area contributed by atoms with Crippen LogP contribution < -0.4 is 0 Å². The molecule has 0 amide bonds. The van der Waals surface area contributed by atoms with Crippen molar-refractivity contribution in [2.75, 3.05) is 0 Å². The molecule has 1 aromatic rings. The molecule has 0 atom stereocenters. The molecule has 0 aromatic heterocycles. The van der Waals surface area contributed by atoms with Crippen molar-refractivity contribution in [3.05, 3.63) is 28.7 Å². The van der Waals surface area contributed by atoms with Crippen molar-refractivity contribution < 1.29 is 0 Å². The van der Waals surface area contributed by atoms with E-state index >= 15 is 0 Å². The van der Waals surface area contributed by atoms with Gasteiger partial charge in [0.1, 0.15) is 4.75 Å². The number of nitrogens with zero attached hydrogens (tertiary/aromatic N) is 1. The monoisotopic (exact) mass is 295 g/mol. The van der Waals surface area contributed by atoms with Crippen LogP contribution in [0.15, 0.2) is 33.6 Å². The van der Waals surface area contributed by atoms with Crippen LogP contribution >= 0.6 is 27.7 Å². The molecule has 16 heavy (non-hydrogen) atoms. The van der Waals surface area contributed by atoms with Crippen molar-refractivity contribution in [2.45, 2.75) is 36.3 Å². The second kappa shape index (κ2) is 4.09. The lowest BCUT2D eigenvalue weighted by Crippen LogP contribution is -2.45. The molecule has 0 radical (unpaired) electrons. The van der Waals surface area contributed by atoms with Crippen molar-refractivity contribution in [2.24, 2.45) is 5.41 Å². The molecule has 1 fully saturated rings. The zero-order chi connectivity index (χ0) is 11.8. The quantitative estimate of drug-likeness (QED) is 0.795. The summed E-state index contributed by atoms with van der Waals surface area (Å²) in [6.07, 6.45) is 1.96. The lowest BCUT2D eigenvalue weighted by molar-refractivity contribution is 0.162. The van der Waals surface area contributed by atoms with Crippen LogP contribution in [0, 0.1) is 16.7 Å². The first kappa shape index (κ1) is 12.0. The summed E-state index contributed by atoms with van der Waals surface area (Å²) >= 11 is 5.16. The van der Waals surface area contributed by atoms with Gasteiger partial charge in [-0.15, -0.1) is 11.8 Å². The molecule has 1 aliphatic rings. The van der Waals surface area contributed by atoms with E-state index in [0.29, 0.717) is 5.41 Å². The summed E-state index contributed by atoms with van der Waals surface area (Å²) in [6.45, 7) is 4.45. The minimum atomic E-state index is -0.204. The Hall–Kier alpha value is -0.460. The molecule has 1 saturated carbocycles. The van der Waals surface area contributed by atoms with Gasteiger partial charge < -0.3 is 0 Å². The summed E-state index contributed by atoms with van der Waals surface area (Å²) in [6, 6.07) is 10.7. The summed E-state index contributed by atoms with van der Waals surface area (Å²) in [5.74, 6) is 0. The van der Waals surface area contributed by atoms with E-state index in [2.05, 4.69) is 48.0 Å². The highest BCUT2D eigenvalue weighted by atomic mass is 79.9. The van der Waals surface area contributed by atoms with Gasteiger partial charge in [-0.1, -0.05) is 35.8 Å². The Bertz CT molecular complexity index is 439. The number of hydrogen-bond acceptors (Lipinski definition) is 2. The third-order valence-corrected chi connectivity index (χ3v) is 4.59. The Morgan fingerprint density at radius 3 is 2.56 bits per heavy atom. The van der Waals surface area contributed by atoms with Crippen molar-refractivity contribution in [3.63, 3.8) is 0 Å². The first-order chi connectivity index (χ1) is 7.45. The Kier molecular flexibility index (Phi) is 3.07. The standard InChI is InChI=1S/C13H14BrNS/c1-12(2)7-13(8-12,9-15)16-11-5-3-4-10(14)6-11/h3-6H,7-8H2,1-2H3. The van der Waals surface area contributed by atoms with Crippen molar-refractivity contribution in [1.29, 1.82) is 5.26 Å². The third-order valence-electron chi connectivity index (χ3n) is 2.84. The molecule has 0 heterocycles. The molecule has 0 spiro atoms. The van der Waals surface area contributed by atoms with Crippen LogP contribution in [-0.4, -0.2) is 4.75 Å². The molecule has 2 rings (SSSR count). The van der Waals surface area contributed by atoms with E-state index in [4.69, 9.17) is 0 Å². The van der Waals surface area contributed by atoms with Crippen LogP contribution in [0.25, 0.3) is 0 Å². The number of halogens is 1. The first-order valence-corrected chi connectivity index (χ1v) is 6.92. The van der Waals surface area contributed by atoms with E-state index in [1.807, 2.05) is 12.1 Å². The Morgan fingerprint density at radius 1 is 1.38 bits per heavy atom. The molecular formula is C13H14BrNS. The van der Waals surface area contributed by atoms with Crippen molar-refractivity contribution >= 4 is 27.7 Å².